The third-order valence-electron chi connectivity index (χ3n) is 3.69. The minimum absolute atomic E-state index is 0.00313. The molecule has 0 amide bonds. The molecule has 1 saturated heterocycles. The molecule has 1 aliphatic heterocycles. The summed E-state index contributed by atoms with van der Waals surface area (Å²) < 4.78 is 7.03. The van der Waals surface area contributed by atoms with E-state index in [1.54, 1.807) is 11.3 Å². The first-order valence-corrected chi connectivity index (χ1v) is 7.88. The molecule has 1 fully saturated rings. The summed E-state index contributed by atoms with van der Waals surface area (Å²) in [6, 6.07) is 8.29. The fraction of sp³-hybridized carbons (Fsp3) is 0.467. The first-order valence-electron chi connectivity index (χ1n) is 6.69. The molecule has 2 aromatic rings. The molecular weight excluding hydrogens is 278 g/mol. The molecule has 1 N–H and O–H groups in total. The van der Waals surface area contributed by atoms with Crippen molar-refractivity contribution < 1.29 is 4.74 Å². The first-order chi connectivity index (χ1) is 9.18. The van der Waals surface area contributed by atoms with Crippen molar-refractivity contribution in [3.8, 4) is 0 Å². The van der Waals surface area contributed by atoms with Crippen LogP contribution >= 0.6 is 22.9 Å². The van der Waals surface area contributed by atoms with Gasteiger partial charge in [-0.25, -0.2) is 0 Å². The summed E-state index contributed by atoms with van der Waals surface area (Å²) in [5.41, 5.74) is 0.00313. The molecule has 0 spiro atoms. The molecule has 2 nitrogen and oxygen atoms in total. The number of rotatable bonds is 4. The van der Waals surface area contributed by atoms with Gasteiger partial charge in [-0.15, -0.1) is 11.3 Å². The average molecular weight is 296 g/mol. The smallest absolute Gasteiger partial charge is 0.0779 e. The number of hydrogen-bond donors (Lipinski definition) is 1. The Labute approximate surface area is 122 Å². The van der Waals surface area contributed by atoms with Gasteiger partial charge in [-0.3, -0.25) is 0 Å². The van der Waals surface area contributed by atoms with Crippen molar-refractivity contribution in [2.75, 3.05) is 13.2 Å². The molecular formula is C15H18ClNOS. The highest BCUT2D eigenvalue weighted by atomic mass is 35.5. The predicted octanol–water partition coefficient (Wildman–Crippen LogP) is 4.21. The van der Waals surface area contributed by atoms with Crippen molar-refractivity contribution >= 4 is 33.0 Å². The second-order valence-electron chi connectivity index (χ2n) is 5.34. The summed E-state index contributed by atoms with van der Waals surface area (Å²) in [5.74, 6) is 0. The maximum atomic E-state index is 6.43. The average Bonchev–Trinajstić information content (AvgIpc) is 2.96. The number of fused-ring (bicyclic) bond motifs is 1. The second-order valence-corrected chi connectivity index (χ2v) is 6.86. The Morgan fingerprint density at radius 3 is 3.00 bits per heavy atom. The van der Waals surface area contributed by atoms with Crippen molar-refractivity contribution in [3.63, 3.8) is 0 Å². The van der Waals surface area contributed by atoms with Crippen LogP contribution in [0.2, 0.25) is 5.02 Å². The van der Waals surface area contributed by atoms with E-state index in [1.807, 2.05) is 6.07 Å². The molecule has 2 heterocycles. The standard InChI is InChI=1S/C15H18ClNOS/c1-15(7-4-8-18-15)10-17-9-13-14(16)11-5-2-3-6-12(11)19-13/h2-3,5-6,17H,4,7-10H2,1H3. The summed E-state index contributed by atoms with van der Waals surface area (Å²) in [5, 5.41) is 5.54. The Morgan fingerprint density at radius 2 is 2.26 bits per heavy atom. The Kier molecular flexibility index (Phi) is 3.81. The van der Waals surface area contributed by atoms with E-state index in [0.29, 0.717) is 0 Å². The zero-order valence-corrected chi connectivity index (χ0v) is 12.6. The quantitative estimate of drug-likeness (QED) is 0.912. The molecule has 1 aliphatic rings. The molecule has 1 aromatic heterocycles. The van der Waals surface area contributed by atoms with Gasteiger partial charge < -0.3 is 10.1 Å². The van der Waals surface area contributed by atoms with Crippen molar-refractivity contribution in [1.29, 1.82) is 0 Å². The maximum absolute atomic E-state index is 6.43. The molecule has 1 unspecified atom stereocenters. The molecule has 1 aromatic carbocycles. The van der Waals surface area contributed by atoms with Gasteiger partial charge in [-0.2, -0.15) is 0 Å². The molecule has 0 bridgehead atoms. The number of halogens is 1. The minimum Gasteiger partial charge on any atom is -0.374 e. The van der Waals surface area contributed by atoms with E-state index in [9.17, 15) is 0 Å². The van der Waals surface area contributed by atoms with Crippen LogP contribution in [0, 0.1) is 0 Å². The topological polar surface area (TPSA) is 21.3 Å². The fourth-order valence-electron chi connectivity index (χ4n) is 2.60. The zero-order chi connectivity index (χ0) is 13.3. The van der Waals surface area contributed by atoms with Gasteiger partial charge in [0.1, 0.15) is 0 Å². The third kappa shape index (κ3) is 2.79. The van der Waals surface area contributed by atoms with Crippen molar-refractivity contribution in [2.24, 2.45) is 0 Å². The number of benzene rings is 1. The first kappa shape index (κ1) is 13.4. The molecule has 1 atom stereocenters. The summed E-state index contributed by atoms with van der Waals surface area (Å²) in [6.45, 7) is 4.77. The predicted molar refractivity (Wildman–Crippen MR) is 82.1 cm³/mol. The van der Waals surface area contributed by atoms with Gasteiger partial charge in [-0.1, -0.05) is 29.8 Å². The van der Waals surface area contributed by atoms with E-state index < -0.39 is 0 Å². The molecule has 19 heavy (non-hydrogen) atoms. The highest BCUT2D eigenvalue weighted by Gasteiger charge is 2.29. The second kappa shape index (κ2) is 5.41. The van der Waals surface area contributed by atoms with Crippen molar-refractivity contribution in [3.05, 3.63) is 34.2 Å². The minimum atomic E-state index is 0.00313. The van der Waals surface area contributed by atoms with Gasteiger partial charge in [0.25, 0.3) is 0 Å². The summed E-state index contributed by atoms with van der Waals surface area (Å²) in [7, 11) is 0. The molecule has 0 radical (unpaired) electrons. The van der Waals surface area contributed by atoms with E-state index in [1.165, 1.54) is 16.0 Å². The Bertz CT molecular complexity index is 575. The van der Waals surface area contributed by atoms with Gasteiger partial charge >= 0.3 is 0 Å². The lowest BCUT2D eigenvalue weighted by atomic mass is 10.0. The Hall–Kier alpha value is -0.610. The maximum Gasteiger partial charge on any atom is 0.0779 e. The molecule has 4 heteroatoms. The van der Waals surface area contributed by atoms with Crippen LogP contribution in [0.1, 0.15) is 24.6 Å². The van der Waals surface area contributed by atoms with E-state index in [4.69, 9.17) is 16.3 Å². The highest BCUT2D eigenvalue weighted by Crippen LogP contribution is 2.35. The zero-order valence-electron chi connectivity index (χ0n) is 11.0. The number of hydrogen-bond acceptors (Lipinski definition) is 3. The lowest BCUT2D eigenvalue weighted by Gasteiger charge is -2.23. The van der Waals surface area contributed by atoms with E-state index in [-0.39, 0.29) is 5.60 Å². The van der Waals surface area contributed by atoms with Gasteiger partial charge in [0.2, 0.25) is 0 Å². The number of ether oxygens (including phenoxy) is 1. The lowest BCUT2D eigenvalue weighted by molar-refractivity contribution is 0.0207. The van der Waals surface area contributed by atoms with Crippen LogP contribution in [0.3, 0.4) is 0 Å². The third-order valence-corrected chi connectivity index (χ3v) is 5.40. The monoisotopic (exact) mass is 295 g/mol. The fourth-order valence-corrected chi connectivity index (χ4v) is 4.06. The van der Waals surface area contributed by atoms with Crippen LogP contribution in [-0.4, -0.2) is 18.8 Å². The Balaban J connectivity index is 1.67. The molecule has 102 valence electrons. The van der Waals surface area contributed by atoms with E-state index >= 15 is 0 Å². The van der Waals surface area contributed by atoms with E-state index in [2.05, 4.69) is 30.4 Å². The van der Waals surface area contributed by atoms with Gasteiger partial charge in [0, 0.05) is 34.7 Å². The highest BCUT2D eigenvalue weighted by molar-refractivity contribution is 7.19. The lowest BCUT2D eigenvalue weighted by Crippen LogP contribution is -2.36. The van der Waals surface area contributed by atoms with Crippen LogP contribution in [0.15, 0.2) is 24.3 Å². The SMILES string of the molecule is CC1(CNCc2sc3ccccc3c2Cl)CCCO1. The molecule has 0 saturated carbocycles. The Morgan fingerprint density at radius 1 is 1.42 bits per heavy atom. The van der Waals surface area contributed by atoms with Gasteiger partial charge in [-0.05, 0) is 25.8 Å². The van der Waals surface area contributed by atoms with Gasteiger partial charge in [0.15, 0.2) is 0 Å². The summed E-state index contributed by atoms with van der Waals surface area (Å²) >= 11 is 8.20. The molecule has 3 rings (SSSR count). The van der Waals surface area contributed by atoms with Crippen LogP contribution in [0.25, 0.3) is 10.1 Å². The van der Waals surface area contributed by atoms with Crippen LogP contribution in [0.4, 0.5) is 0 Å². The molecule has 0 aliphatic carbocycles. The van der Waals surface area contributed by atoms with Crippen LogP contribution in [0.5, 0.6) is 0 Å². The summed E-state index contributed by atoms with van der Waals surface area (Å²) in [4.78, 5) is 1.21. The number of thiophene rings is 1. The van der Waals surface area contributed by atoms with Crippen LogP contribution in [-0.2, 0) is 11.3 Å². The summed E-state index contributed by atoms with van der Waals surface area (Å²) in [6.07, 6.45) is 2.31. The number of nitrogens with one attached hydrogen (secondary N) is 1. The van der Waals surface area contributed by atoms with Gasteiger partial charge in [0.05, 0.1) is 10.6 Å². The van der Waals surface area contributed by atoms with Crippen molar-refractivity contribution in [1.82, 2.24) is 5.32 Å². The van der Waals surface area contributed by atoms with E-state index in [0.717, 1.165) is 36.5 Å². The van der Waals surface area contributed by atoms with Crippen molar-refractivity contribution in [2.45, 2.75) is 31.9 Å². The van der Waals surface area contributed by atoms with Crippen LogP contribution < -0.4 is 5.32 Å². The largest absolute Gasteiger partial charge is 0.374 e. The normalized spacial score (nSPS) is 23.3.